The van der Waals surface area contributed by atoms with Crippen LogP contribution in [-0.4, -0.2) is 6.34 Å². The minimum Gasteiger partial charge on any atom is -0.222 e. The number of hydrogen-bond acceptors (Lipinski definition) is 7. The highest BCUT2D eigenvalue weighted by Gasteiger charge is 2.24. The molecule has 0 bridgehead atoms. The van der Waals surface area contributed by atoms with Crippen LogP contribution in [0.3, 0.4) is 0 Å². The normalized spacial score (nSPS) is 12.9. The third-order valence-corrected chi connectivity index (χ3v) is 5.03. The molecule has 172 valence electrons. The van der Waals surface area contributed by atoms with E-state index in [0.29, 0.717) is 0 Å². The first kappa shape index (κ1) is 23.4. The van der Waals surface area contributed by atoms with E-state index in [-0.39, 0.29) is 0 Å². The number of halogens is 1. The summed E-state index contributed by atoms with van der Waals surface area (Å²) in [6.07, 6.45) is 1.82. The van der Waals surface area contributed by atoms with Gasteiger partial charge >= 0.3 is 0 Å². The van der Waals surface area contributed by atoms with Gasteiger partial charge in [-0.1, -0.05) is 90.0 Å². The number of nitrogens with two attached hydrogens (primary N) is 1. The lowest BCUT2D eigenvalue weighted by Crippen LogP contribution is -2.93. The van der Waals surface area contributed by atoms with Gasteiger partial charge in [-0.2, -0.15) is 5.43 Å². The third kappa shape index (κ3) is 6.18. The van der Waals surface area contributed by atoms with Crippen LogP contribution in [0, 0.1) is 10.2 Å². The van der Waals surface area contributed by atoms with Gasteiger partial charge < -0.3 is 0 Å². The van der Waals surface area contributed by atoms with Crippen molar-refractivity contribution >= 4 is 17.7 Å². The van der Waals surface area contributed by atoms with Crippen molar-refractivity contribution in [2.24, 2.45) is 5.10 Å². The molecule has 5 rings (SSSR count). The molecule has 0 saturated heterocycles. The molecule has 0 aromatic heterocycles. The molecule has 0 aliphatic carbocycles. The molecule has 34 heavy (non-hydrogen) atoms. The van der Waals surface area contributed by atoms with E-state index in [1.807, 2.05) is 34.1 Å². The Morgan fingerprint density at radius 3 is 1.35 bits per heavy atom. The monoisotopic (exact) mass is 476 g/mol. The van der Waals surface area contributed by atoms with Crippen molar-refractivity contribution in [2.45, 2.75) is 0 Å². The number of anilines is 2. The first-order chi connectivity index (χ1) is 16.4. The van der Waals surface area contributed by atoms with Gasteiger partial charge in [-0.25, -0.2) is 18.6 Å². The number of benzene rings is 4. The molecular formula is C25H21ClN4O4. The Balaban J connectivity index is 0.000000499. The molecule has 0 amide bonds. The largest absolute Gasteiger partial charge is 0.233 e. The van der Waals surface area contributed by atoms with Crippen molar-refractivity contribution in [1.82, 2.24) is 0 Å². The molecule has 8 nitrogen and oxygen atoms in total. The van der Waals surface area contributed by atoms with E-state index in [2.05, 4.69) is 102 Å². The highest BCUT2D eigenvalue weighted by molar-refractivity contribution is 5.70. The van der Waals surface area contributed by atoms with Gasteiger partial charge in [0.1, 0.15) is 5.69 Å². The molecular weight excluding hydrogens is 456 g/mol. The lowest BCUT2D eigenvalue weighted by molar-refractivity contribution is -2.00. The van der Waals surface area contributed by atoms with E-state index >= 15 is 0 Å². The van der Waals surface area contributed by atoms with Crippen molar-refractivity contribution in [3.8, 4) is 22.3 Å². The van der Waals surface area contributed by atoms with Crippen LogP contribution < -0.4 is 34.3 Å². The summed E-state index contributed by atoms with van der Waals surface area (Å²) in [7, 11) is -4.94. The Morgan fingerprint density at radius 2 is 0.912 bits per heavy atom. The van der Waals surface area contributed by atoms with Crippen molar-refractivity contribution in [2.75, 3.05) is 10.2 Å². The molecule has 0 unspecified atom stereocenters. The maximum absolute atomic E-state index is 8.49. The minimum absolute atomic E-state index is 1.02. The van der Waals surface area contributed by atoms with Gasteiger partial charge in [-0.15, -0.1) is 20.5 Å². The average Bonchev–Trinajstić information content (AvgIpc) is 3.34. The zero-order chi connectivity index (χ0) is 24.0. The summed E-state index contributed by atoms with van der Waals surface area (Å²) in [4.78, 5) is 0. The van der Waals surface area contributed by atoms with Gasteiger partial charge in [0.05, 0.1) is 5.69 Å². The molecule has 1 aliphatic heterocycles. The average molecular weight is 477 g/mol. The first-order valence-electron chi connectivity index (χ1n) is 10.3. The molecule has 0 saturated carbocycles. The second-order valence-electron chi connectivity index (χ2n) is 7.25. The second kappa shape index (κ2) is 10.4. The maximum atomic E-state index is 8.49. The van der Waals surface area contributed by atoms with Crippen LogP contribution in [-0.2, 0) is 0 Å². The van der Waals surface area contributed by atoms with Gasteiger partial charge in [0, 0.05) is 0 Å². The quantitative estimate of drug-likeness (QED) is 0.411. The van der Waals surface area contributed by atoms with E-state index in [9.17, 15) is 0 Å². The Kier molecular flexibility index (Phi) is 7.19. The maximum Gasteiger partial charge on any atom is 0.233 e. The zero-order valence-corrected chi connectivity index (χ0v) is 18.7. The number of nitrogens with zero attached hydrogens (tertiary/aromatic N) is 3. The minimum atomic E-state index is -4.94. The predicted octanol–water partition coefficient (Wildman–Crippen LogP) is -0.0721. The molecule has 0 radical (unpaired) electrons. The highest BCUT2D eigenvalue weighted by Crippen LogP contribution is 2.27. The smallest absolute Gasteiger partial charge is 0.222 e. The van der Waals surface area contributed by atoms with Gasteiger partial charge in [-0.05, 0) is 46.5 Å². The Labute approximate surface area is 198 Å². The van der Waals surface area contributed by atoms with E-state index in [1.54, 1.807) is 0 Å². The predicted molar refractivity (Wildman–Crippen MR) is 119 cm³/mol. The topological polar surface area (TPSA) is 128 Å². The number of quaternary nitrogens is 1. The third-order valence-electron chi connectivity index (χ3n) is 5.03. The summed E-state index contributed by atoms with van der Waals surface area (Å²) < 4.78 is 34.0. The summed E-state index contributed by atoms with van der Waals surface area (Å²) in [5.74, 6) is 0. The van der Waals surface area contributed by atoms with Gasteiger partial charge in [-0.3, -0.25) is 0 Å². The summed E-state index contributed by atoms with van der Waals surface area (Å²) in [6, 6.07) is 37.8. The molecule has 2 N–H and O–H groups in total. The molecule has 4 aromatic rings. The molecule has 1 heterocycles. The molecule has 9 heteroatoms. The molecule has 0 spiro atoms. The van der Waals surface area contributed by atoms with E-state index in [4.69, 9.17) is 18.6 Å². The van der Waals surface area contributed by atoms with Crippen LogP contribution in [0.4, 0.5) is 11.4 Å². The SMILES string of the molecule is C1=NN(c2ccc(-c3ccccc3)cc2)N(c2ccc(-c3ccccc3)cc2)[NH2+]1.[O-][Cl+3]([O-])([O-])[O-]. The first-order valence-corrected chi connectivity index (χ1v) is 11.5. The van der Waals surface area contributed by atoms with Gasteiger partial charge in [0.2, 0.25) is 6.34 Å². The van der Waals surface area contributed by atoms with Gasteiger partial charge in [0.15, 0.2) is 0 Å². The van der Waals surface area contributed by atoms with Crippen molar-refractivity contribution in [3.63, 3.8) is 0 Å². The standard InChI is InChI=1S/C25H20N4.ClHO4/c1-3-7-20(8-4-1)22-11-15-24(16-12-22)28-26-19-27-29(28)25-17-13-23(14-18-25)21-9-5-2-6-10-21;2-1(3,4)5/h1-19H,(H,26,27);(H,2,3,4,5). The fourth-order valence-corrected chi connectivity index (χ4v) is 3.52. The Bertz CT molecular complexity index is 1210. The van der Waals surface area contributed by atoms with Crippen LogP contribution in [0.1, 0.15) is 0 Å². The van der Waals surface area contributed by atoms with Crippen LogP contribution in [0.15, 0.2) is 114 Å². The molecule has 0 atom stereocenters. The Hall–Kier alpha value is -3.76. The summed E-state index contributed by atoms with van der Waals surface area (Å²) in [5.41, 5.74) is 8.88. The summed E-state index contributed by atoms with van der Waals surface area (Å²) in [5, 5.41) is 8.48. The molecule has 0 fully saturated rings. The zero-order valence-electron chi connectivity index (χ0n) is 17.9. The number of rotatable bonds is 4. The molecule has 4 aromatic carbocycles. The fourth-order valence-electron chi connectivity index (χ4n) is 3.52. The van der Waals surface area contributed by atoms with E-state index in [0.717, 1.165) is 11.4 Å². The van der Waals surface area contributed by atoms with Crippen LogP contribution in [0.25, 0.3) is 22.3 Å². The number of hydrazone groups is 1. The van der Waals surface area contributed by atoms with Crippen molar-refractivity contribution < 1.29 is 34.3 Å². The highest BCUT2D eigenvalue weighted by atomic mass is 35.7. The lowest BCUT2D eigenvalue weighted by Gasteiger charge is -2.24. The second-order valence-corrected chi connectivity index (χ2v) is 8.01. The van der Waals surface area contributed by atoms with E-state index in [1.165, 1.54) is 22.3 Å². The lowest BCUT2D eigenvalue weighted by atomic mass is 10.1. The van der Waals surface area contributed by atoms with Crippen LogP contribution in [0.5, 0.6) is 0 Å². The fraction of sp³-hybridized carbons (Fsp3) is 0. The van der Waals surface area contributed by atoms with Crippen LogP contribution >= 0.6 is 0 Å². The summed E-state index contributed by atoms with van der Waals surface area (Å²) in [6.45, 7) is 0. The molecule has 1 aliphatic rings. The van der Waals surface area contributed by atoms with Crippen molar-refractivity contribution in [3.05, 3.63) is 109 Å². The number of hydrogen-bond donors (Lipinski definition) is 1. The summed E-state index contributed by atoms with van der Waals surface area (Å²) >= 11 is 0. The van der Waals surface area contributed by atoms with E-state index < -0.39 is 10.2 Å². The Morgan fingerprint density at radius 1 is 0.529 bits per heavy atom. The van der Waals surface area contributed by atoms with Crippen LogP contribution in [0.2, 0.25) is 0 Å². The van der Waals surface area contributed by atoms with Crippen molar-refractivity contribution in [1.29, 1.82) is 0 Å². The number of hydrazine groups is 1. The van der Waals surface area contributed by atoms with Gasteiger partial charge in [0.25, 0.3) is 0 Å².